The molecule has 0 bridgehead atoms. The van der Waals surface area contributed by atoms with E-state index >= 15 is 0 Å². The number of halogens is 5. The number of ether oxygens (including phenoxy) is 1. The van der Waals surface area contributed by atoms with Gasteiger partial charge in [-0.25, -0.2) is 28.5 Å². The number of benzene rings is 2. The molecule has 0 spiro atoms. The number of fused-ring (bicyclic) bond motifs is 1. The van der Waals surface area contributed by atoms with E-state index in [-0.39, 0.29) is 35.4 Å². The summed E-state index contributed by atoms with van der Waals surface area (Å²) in [6, 6.07) is 10.4. The molecule has 0 saturated heterocycles. The van der Waals surface area contributed by atoms with Gasteiger partial charge in [-0.2, -0.15) is 13.2 Å². The highest BCUT2D eigenvalue weighted by Gasteiger charge is 2.36. The van der Waals surface area contributed by atoms with Gasteiger partial charge in [-0.3, -0.25) is 9.20 Å². The summed E-state index contributed by atoms with van der Waals surface area (Å²) in [5.74, 6) is -4.45. The van der Waals surface area contributed by atoms with Crippen LogP contribution in [0.1, 0.15) is 33.3 Å². The van der Waals surface area contributed by atoms with Crippen LogP contribution >= 0.6 is 0 Å². The second kappa shape index (κ2) is 10.8. The van der Waals surface area contributed by atoms with Crippen LogP contribution in [-0.4, -0.2) is 37.8 Å². The van der Waals surface area contributed by atoms with Crippen LogP contribution in [-0.2, 0) is 10.9 Å². The Morgan fingerprint density at radius 1 is 0.951 bits per heavy atom. The first-order chi connectivity index (χ1) is 19.6. The second-order valence-electron chi connectivity index (χ2n) is 8.56. The highest BCUT2D eigenvalue weighted by atomic mass is 19.4. The molecule has 41 heavy (non-hydrogen) atoms. The largest absolute Gasteiger partial charge is 0.461 e. The number of amides is 1. The number of hydrogen-bond donors (Lipinski definition) is 1. The van der Waals surface area contributed by atoms with E-state index < -0.39 is 46.4 Å². The van der Waals surface area contributed by atoms with Crippen molar-refractivity contribution in [3.8, 4) is 22.6 Å². The fourth-order valence-electron chi connectivity index (χ4n) is 4.23. The predicted octanol–water partition coefficient (Wildman–Crippen LogP) is 6.18. The maximum atomic E-state index is 15.0. The molecule has 208 valence electrons. The molecule has 1 N–H and O–H groups in total. The van der Waals surface area contributed by atoms with E-state index in [1.807, 2.05) is 0 Å². The lowest BCUT2D eigenvalue weighted by Crippen LogP contribution is -2.17. The monoisotopic (exact) mass is 567 g/mol. The SMILES string of the molecule is CCOC(=O)c1cnc2cccc(-c3ccc(F)cc3NC(=O)c3cc(-c4ncccn4)c(C(F)(F)F)cc3F)n12. The number of pyridine rings is 1. The van der Waals surface area contributed by atoms with Gasteiger partial charge in [0.1, 0.15) is 17.3 Å². The van der Waals surface area contributed by atoms with E-state index in [4.69, 9.17) is 4.74 Å². The highest BCUT2D eigenvalue weighted by molar-refractivity contribution is 6.07. The summed E-state index contributed by atoms with van der Waals surface area (Å²) in [7, 11) is 0. The number of hydrogen-bond acceptors (Lipinski definition) is 6. The predicted molar refractivity (Wildman–Crippen MR) is 137 cm³/mol. The van der Waals surface area contributed by atoms with Crippen LogP contribution in [0.25, 0.3) is 28.3 Å². The summed E-state index contributed by atoms with van der Waals surface area (Å²) in [5, 5.41) is 2.38. The van der Waals surface area contributed by atoms with E-state index in [9.17, 15) is 31.5 Å². The number of nitrogens with one attached hydrogen (secondary N) is 1. The van der Waals surface area contributed by atoms with Crippen LogP contribution in [0.2, 0.25) is 0 Å². The van der Waals surface area contributed by atoms with Crippen LogP contribution in [0.5, 0.6) is 0 Å². The van der Waals surface area contributed by atoms with E-state index in [0.717, 1.165) is 12.1 Å². The smallest absolute Gasteiger partial charge is 0.417 e. The zero-order valence-electron chi connectivity index (χ0n) is 21.0. The number of alkyl halides is 3. The third-order valence-corrected chi connectivity index (χ3v) is 5.98. The average Bonchev–Trinajstić information content (AvgIpc) is 3.38. The molecule has 0 atom stereocenters. The number of esters is 1. The van der Waals surface area contributed by atoms with Gasteiger partial charge in [0, 0.05) is 23.5 Å². The number of aromatic nitrogens is 4. The molecule has 0 aliphatic heterocycles. The van der Waals surface area contributed by atoms with E-state index in [1.54, 1.807) is 25.1 Å². The van der Waals surface area contributed by atoms with Crippen molar-refractivity contribution in [3.63, 3.8) is 0 Å². The molecule has 5 rings (SSSR count). The maximum absolute atomic E-state index is 15.0. The van der Waals surface area contributed by atoms with Crippen LogP contribution in [0, 0.1) is 11.6 Å². The van der Waals surface area contributed by atoms with Crippen molar-refractivity contribution in [3.05, 3.63) is 102 Å². The van der Waals surface area contributed by atoms with Gasteiger partial charge >= 0.3 is 12.1 Å². The Balaban J connectivity index is 1.61. The average molecular weight is 567 g/mol. The van der Waals surface area contributed by atoms with Crippen molar-refractivity contribution in [2.45, 2.75) is 13.1 Å². The summed E-state index contributed by atoms with van der Waals surface area (Å²) in [4.78, 5) is 37.6. The lowest BCUT2D eigenvalue weighted by atomic mass is 10.0. The van der Waals surface area contributed by atoms with E-state index in [1.165, 1.54) is 35.1 Å². The Labute approximate surface area is 228 Å². The first kappa shape index (κ1) is 27.4. The fourth-order valence-corrected chi connectivity index (χ4v) is 4.23. The highest BCUT2D eigenvalue weighted by Crippen LogP contribution is 2.38. The molecule has 0 saturated carbocycles. The Morgan fingerprint density at radius 2 is 1.71 bits per heavy atom. The van der Waals surface area contributed by atoms with E-state index in [2.05, 4.69) is 20.3 Å². The lowest BCUT2D eigenvalue weighted by molar-refractivity contribution is -0.137. The minimum absolute atomic E-state index is 0.0559. The molecule has 2 aromatic carbocycles. The van der Waals surface area contributed by atoms with Gasteiger partial charge in [-0.05, 0) is 55.5 Å². The first-order valence-electron chi connectivity index (χ1n) is 12.0. The molecule has 8 nitrogen and oxygen atoms in total. The van der Waals surface area contributed by atoms with Crippen molar-refractivity contribution in [1.82, 2.24) is 19.4 Å². The maximum Gasteiger partial charge on any atom is 0.417 e. The molecule has 0 aliphatic rings. The Bertz CT molecular complexity index is 1790. The van der Waals surface area contributed by atoms with Gasteiger partial charge < -0.3 is 10.1 Å². The van der Waals surface area contributed by atoms with Gasteiger partial charge in [0.05, 0.1) is 35.3 Å². The quantitative estimate of drug-likeness (QED) is 0.194. The number of carbonyl (C=O) groups excluding carboxylic acids is 2. The molecule has 0 fully saturated rings. The molecule has 0 unspecified atom stereocenters. The summed E-state index contributed by atoms with van der Waals surface area (Å²) in [6.45, 7) is 1.73. The molecule has 5 aromatic rings. The fraction of sp³-hybridized carbons (Fsp3) is 0.107. The molecule has 1 amide bonds. The van der Waals surface area contributed by atoms with Crippen molar-refractivity contribution >= 4 is 23.2 Å². The Kier molecular flexibility index (Phi) is 7.18. The molecule has 0 aliphatic carbocycles. The van der Waals surface area contributed by atoms with Gasteiger partial charge in [-0.15, -0.1) is 0 Å². The first-order valence-corrected chi connectivity index (χ1v) is 12.0. The van der Waals surface area contributed by atoms with Gasteiger partial charge in [0.2, 0.25) is 0 Å². The molecule has 3 heterocycles. The number of imidazole rings is 1. The third-order valence-electron chi connectivity index (χ3n) is 5.98. The van der Waals surface area contributed by atoms with Crippen LogP contribution in [0.4, 0.5) is 27.6 Å². The topological polar surface area (TPSA) is 98.5 Å². The minimum atomic E-state index is -4.97. The van der Waals surface area contributed by atoms with Gasteiger partial charge in [0.25, 0.3) is 5.91 Å². The number of rotatable bonds is 6. The normalized spacial score (nSPS) is 11.5. The molecule has 13 heteroatoms. The minimum Gasteiger partial charge on any atom is -0.461 e. The van der Waals surface area contributed by atoms with Crippen molar-refractivity contribution in [1.29, 1.82) is 0 Å². The van der Waals surface area contributed by atoms with Crippen molar-refractivity contribution in [2.24, 2.45) is 0 Å². The molecular formula is C28H18F5N5O3. The van der Waals surface area contributed by atoms with Crippen LogP contribution < -0.4 is 5.32 Å². The number of nitrogens with zero attached hydrogens (tertiary/aromatic N) is 4. The Morgan fingerprint density at radius 3 is 2.41 bits per heavy atom. The second-order valence-corrected chi connectivity index (χ2v) is 8.56. The van der Waals surface area contributed by atoms with Crippen molar-refractivity contribution < 1.29 is 36.3 Å². The van der Waals surface area contributed by atoms with Crippen LogP contribution in [0.15, 0.2) is 73.2 Å². The summed E-state index contributed by atoms with van der Waals surface area (Å²) >= 11 is 0. The number of anilines is 1. The molecular weight excluding hydrogens is 549 g/mol. The van der Waals surface area contributed by atoms with E-state index in [0.29, 0.717) is 17.4 Å². The molecule has 3 aromatic heterocycles. The number of carbonyl (C=O) groups is 2. The van der Waals surface area contributed by atoms with Gasteiger partial charge in [-0.1, -0.05) is 6.07 Å². The van der Waals surface area contributed by atoms with Gasteiger partial charge in [0.15, 0.2) is 11.5 Å². The summed E-state index contributed by atoms with van der Waals surface area (Å²) in [6.07, 6.45) is -1.28. The Hall–Kier alpha value is -5.20. The third kappa shape index (κ3) is 5.33. The molecule has 0 radical (unpaired) electrons. The summed E-state index contributed by atoms with van der Waals surface area (Å²) in [5.41, 5.74) is -2.01. The van der Waals surface area contributed by atoms with Crippen LogP contribution in [0.3, 0.4) is 0 Å². The zero-order chi connectivity index (χ0) is 29.3. The van der Waals surface area contributed by atoms with Crippen molar-refractivity contribution in [2.75, 3.05) is 11.9 Å². The lowest BCUT2D eigenvalue weighted by Gasteiger charge is -2.16. The zero-order valence-corrected chi connectivity index (χ0v) is 21.0. The standard InChI is InChI=1S/C28H18F5N5O3/c1-2-41-27(40)23-14-36-24-6-3-5-22(38(23)24)16-8-7-15(29)11-21(16)37-26(39)18-12-17(25-34-9-4-10-35-25)19(13-20(18)30)28(31,32)33/h3-14H,2H2,1H3,(H,37,39). The summed E-state index contributed by atoms with van der Waals surface area (Å²) < 4.78 is 77.0.